The van der Waals surface area contributed by atoms with Crippen LogP contribution in [0.25, 0.3) is 0 Å². The van der Waals surface area contributed by atoms with Gasteiger partial charge >= 0.3 is 0 Å². The molecule has 0 bridgehead atoms. The molecule has 1 heterocycles. The summed E-state index contributed by atoms with van der Waals surface area (Å²) in [6.07, 6.45) is 0.691. The van der Waals surface area contributed by atoms with E-state index in [-0.39, 0.29) is 5.91 Å². The summed E-state index contributed by atoms with van der Waals surface area (Å²) in [4.78, 5) is 12.6. The van der Waals surface area contributed by atoms with Crippen molar-refractivity contribution in [1.82, 2.24) is 5.32 Å². The Hall–Kier alpha value is -2.01. The smallest absolute Gasteiger partial charge is 0.261 e. The quantitative estimate of drug-likeness (QED) is 0.892. The predicted molar refractivity (Wildman–Crippen MR) is 84.6 cm³/mol. The van der Waals surface area contributed by atoms with Crippen LogP contribution < -0.4 is 14.8 Å². The van der Waals surface area contributed by atoms with Crippen LogP contribution >= 0.6 is 11.3 Å². The molecule has 21 heavy (non-hydrogen) atoms. The fraction of sp³-hybridized carbons (Fsp3) is 0.312. The highest BCUT2D eigenvalue weighted by Crippen LogP contribution is 2.28. The second-order valence-corrected chi connectivity index (χ2v) is 5.56. The van der Waals surface area contributed by atoms with Crippen LogP contribution in [0.2, 0.25) is 0 Å². The van der Waals surface area contributed by atoms with E-state index in [1.165, 1.54) is 11.3 Å². The Morgan fingerprint density at radius 1 is 1.24 bits per heavy atom. The maximum Gasteiger partial charge on any atom is 0.261 e. The SMILES string of the molecule is COc1cc(CCNC(=O)c2cccs2)c(OC)cc1C. The molecule has 0 saturated carbocycles. The number of nitrogens with one attached hydrogen (secondary N) is 1. The van der Waals surface area contributed by atoms with Crippen LogP contribution in [0, 0.1) is 6.92 Å². The zero-order chi connectivity index (χ0) is 15.2. The van der Waals surface area contributed by atoms with Crippen LogP contribution in [-0.2, 0) is 6.42 Å². The summed E-state index contributed by atoms with van der Waals surface area (Å²) in [5.41, 5.74) is 2.05. The van der Waals surface area contributed by atoms with Gasteiger partial charge < -0.3 is 14.8 Å². The van der Waals surface area contributed by atoms with Crippen LogP contribution in [0.15, 0.2) is 29.6 Å². The van der Waals surface area contributed by atoms with Gasteiger partial charge in [-0.2, -0.15) is 0 Å². The third-order valence-electron chi connectivity index (χ3n) is 3.22. The fourth-order valence-corrected chi connectivity index (χ4v) is 2.75. The third kappa shape index (κ3) is 3.76. The summed E-state index contributed by atoms with van der Waals surface area (Å²) < 4.78 is 10.7. The first kappa shape index (κ1) is 15.4. The van der Waals surface area contributed by atoms with Crippen LogP contribution in [0.4, 0.5) is 0 Å². The van der Waals surface area contributed by atoms with E-state index in [1.54, 1.807) is 14.2 Å². The van der Waals surface area contributed by atoms with Gasteiger partial charge in [-0.3, -0.25) is 4.79 Å². The number of carbonyl (C=O) groups excluding carboxylic acids is 1. The van der Waals surface area contributed by atoms with Crippen LogP contribution in [0.1, 0.15) is 20.8 Å². The Kier molecular flexibility index (Phi) is 5.22. The molecule has 0 radical (unpaired) electrons. The number of hydrogen-bond donors (Lipinski definition) is 1. The van der Waals surface area contributed by atoms with Gasteiger partial charge in [0.1, 0.15) is 11.5 Å². The maximum absolute atomic E-state index is 11.9. The zero-order valence-electron chi connectivity index (χ0n) is 12.4. The lowest BCUT2D eigenvalue weighted by molar-refractivity contribution is 0.0958. The average Bonchev–Trinajstić information content (AvgIpc) is 3.02. The molecule has 0 spiro atoms. The van der Waals surface area contributed by atoms with E-state index in [1.807, 2.05) is 36.6 Å². The molecule has 0 unspecified atom stereocenters. The molecule has 1 aromatic carbocycles. The van der Waals surface area contributed by atoms with E-state index in [0.29, 0.717) is 13.0 Å². The summed E-state index contributed by atoms with van der Waals surface area (Å²) in [5.74, 6) is 1.61. The molecule has 2 rings (SSSR count). The van der Waals surface area contributed by atoms with Gasteiger partial charge in [0, 0.05) is 6.54 Å². The summed E-state index contributed by atoms with van der Waals surface area (Å²) in [6.45, 7) is 2.53. The van der Waals surface area contributed by atoms with E-state index in [9.17, 15) is 4.79 Å². The molecular weight excluding hydrogens is 286 g/mol. The van der Waals surface area contributed by atoms with Gasteiger partial charge in [0.2, 0.25) is 0 Å². The second-order valence-electron chi connectivity index (χ2n) is 4.62. The minimum absolute atomic E-state index is 0.0388. The first-order valence-corrected chi connectivity index (χ1v) is 7.57. The van der Waals surface area contributed by atoms with Crippen molar-refractivity contribution in [2.45, 2.75) is 13.3 Å². The summed E-state index contributed by atoms with van der Waals surface area (Å²) >= 11 is 1.44. The van der Waals surface area contributed by atoms with E-state index in [2.05, 4.69) is 5.32 Å². The Labute approximate surface area is 128 Å². The molecule has 1 aromatic heterocycles. The largest absolute Gasteiger partial charge is 0.496 e. The molecule has 1 amide bonds. The van der Waals surface area contributed by atoms with Gasteiger partial charge in [0.25, 0.3) is 5.91 Å². The molecule has 0 aliphatic rings. The Morgan fingerprint density at radius 2 is 2.00 bits per heavy atom. The third-order valence-corrected chi connectivity index (χ3v) is 4.09. The van der Waals surface area contributed by atoms with E-state index < -0.39 is 0 Å². The van der Waals surface area contributed by atoms with Gasteiger partial charge in [-0.05, 0) is 48.1 Å². The van der Waals surface area contributed by atoms with Crippen molar-refractivity contribution in [3.8, 4) is 11.5 Å². The molecule has 112 valence electrons. The number of amides is 1. The van der Waals surface area contributed by atoms with Crippen LogP contribution in [-0.4, -0.2) is 26.7 Å². The van der Waals surface area contributed by atoms with Crippen molar-refractivity contribution in [3.05, 3.63) is 45.6 Å². The summed E-state index contributed by atoms with van der Waals surface area (Å²) in [7, 11) is 3.30. The highest BCUT2D eigenvalue weighted by atomic mass is 32.1. The fourth-order valence-electron chi connectivity index (χ4n) is 2.11. The lowest BCUT2D eigenvalue weighted by Gasteiger charge is -2.13. The van der Waals surface area contributed by atoms with Crippen molar-refractivity contribution in [3.63, 3.8) is 0 Å². The molecule has 5 heteroatoms. The minimum atomic E-state index is -0.0388. The number of ether oxygens (including phenoxy) is 2. The van der Waals surface area contributed by atoms with Crippen molar-refractivity contribution >= 4 is 17.2 Å². The van der Waals surface area contributed by atoms with E-state index in [4.69, 9.17) is 9.47 Å². The highest BCUT2D eigenvalue weighted by molar-refractivity contribution is 7.12. The number of thiophene rings is 1. The number of aryl methyl sites for hydroxylation is 1. The Morgan fingerprint density at radius 3 is 2.62 bits per heavy atom. The monoisotopic (exact) mass is 305 g/mol. The molecule has 0 atom stereocenters. The van der Waals surface area contributed by atoms with Gasteiger partial charge in [-0.25, -0.2) is 0 Å². The standard InChI is InChI=1S/C16H19NO3S/c1-11-9-14(20-3)12(10-13(11)19-2)6-7-17-16(18)15-5-4-8-21-15/h4-5,8-10H,6-7H2,1-3H3,(H,17,18). The Balaban J connectivity index is 2.01. The normalized spacial score (nSPS) is 10.2. The summed E-state index contributed by atoms with van der Waals surface area (Å²) in [5, 5.41) is 4.80. The number of hydrogen-bond acceptors (Lipinski definition) is 4. The molecule has 0 aliphatic carbocycles. The predicted octanol–water partition coefficient (Wildman–Crippen LogP) is 3.05. The van der Waals surface area contributed by atoms with Crippen molar-refractivity contribution in [2.24, 2.45) is 0 Å². The second kappa shape index (κ2) is 7.13. The van der Waals surface area contributed by atoms with E-state index >= 15 is 0 Å². The molecule has 0 fully saturated rings. The van der Waals surface area contributed by atoms with Gasteiger partial charge in [-0.1, -0.05) is 6.07 Å². The van der Waals surface area contributed by atoms with Gasteiger partial charge in [0.05, 0.1) is 19.1 Å². The summed E-state index contributed by atoms with van der Waals surface area (Å²) in [6, 6.07) is 7.60. The van der Waals surface area contributed by atoms with Crippen molar-refractivity contribution < 1.29 is 14.3 Å². The lowest BCUT2D eigenvalue weighted by Crippen LogP contribution is -2.25. The zero-order valence-corrected chi connectivity index (χ0v) is 13.3. The topological polar surface area (TPSA) is 47.6 Å². The molecule has 0 saturated heterocycles. The van der Waals surface area contributed by atoms with Gasteiger partial charge in [0.15, 0.2) is 0 Å². The van der Waals surface area contributed by atoms with Crippen molar-refractivity contribution in [2.75, 3.05) is 20.8 Å². The van der Waals surface area contributed by atoms with Crippen molar-refractivity contribution in [1.29, 1.82) is 0 Å². The first-order valence-electron chi connectivity index (χ1n) is 6.69. The highest BCUT2D eigenvalue weighted by Gasteiger charge is 2.10. The molecule has 0 aliphatic heterocycles. The lowest BCUT2D eigenvalue weighted by atomic mass is 10.1. The minimum Gasteiger partial charge on any atom is -0.496 e. The Bertz CT molecular complexity index is 608. The molecule has 2 aromatic rings. The number of rotatable bonds is 6. The average molecular weight is 305 g/mol. The number of methoxy groups -OCH3 is 2. The van der Waals surface area contributed by atoms with Crippen LogP contribution in [0.5, 0.6) is 11.5 Å². The molecular formula is C16H19NO3S. The number of benzene rings is 1. The number of carbonyl (C=O) groups is 1. The molecule has 1 N–H and O–H groups in total. The van der Waals surface area contributed by atoms with E-state index in [0.717, 1.165) is 27.5 Å². The first-order chi connectivity index (χ1) is 10.2. The van der Waals surface area contributed by atoms with Crippen LogP contribution in [0.3, 0.4) is 0 Å². The van der Waals surface area contributed by atoms with Gasteiger partial charge in [-0.15, -0.1) is 11.3 Å². The molecule has 4 nitrogen and oxygen atoms in total. The maximum atomic E-state index is 11.9.